The van der Waals surface area contributed by atoms with Crippen LogP contribution in [-0.4, -0.2) is 6.29 Å². The minimum absolute atomic E-state index is 0.717. The molecular formula is C13H14O. The first-order valence-electron chi connectivity index (χ1n) is 4.60. The van der Waals surface area contributed by atoms with Gasteiger partial charge in [-0.25, -0.2) is 0 Å². The normalized spacial score (nSPS) is 9.43. The molecule has 0 radical (unpaired) electrons. The van der Waals surface area contributed by atoms with Gasteiger partial charge in [-0.3, -0.25) is 4.79 Å². The highest BCUT2D eigenvalue weighted by molar-refractivity contribution is 5.75. The van der Waals surface area contributed by atoms with Crippen LogP contribution in [-0.2, 0) is 12.8 Å². The summed E-state index contributed by atoms with van der Waals surface area (Å²) in [6.07, 6.45) is 6.20. The largest absolute Gasteiger partial charge is 0.298 e. The predicted molar refractivity (Wildman–Crippen MR) is 59.6 cm³/mol. The first kappa shape index (κ1) is 10.5. The molecule has 0 aliphatic heterocycles. The Morgan fingerprint density at radius 3 is 2.29 bits per heavy atom. The van der Waals surface area contributed by atoms with Gasteiger partial charge in [0, 0.05) is 5.56 Å². The first-order chi connectivity index (χ1) is 6.81. The molecule has 0 fully saturated rings. The molecule has 0 saturated heterocycles. The van der Waals surface area contributed by atoms with Crippen LogP contribution in [0.4, 0.5) is 0 Å². The van der Waals surface area contributed by atoms with Crippen molar-refractivity contribution in [2.45, 2.75) is 12.8 Å². The predicted octanol–water partition coefficient (Wildman–Crippen LogP) is 2.96. The van der Waals surface area contributed by atoms with E-state index in [0.29, 0.717) is 0 Å². The summed E-state index contributed by atoms with van der Waals surface area (Å²) in [4.78, 5) is 10.6. The molecule has 0 heterocycles. The highest BCUT2D eigenvalue weighted by Crippen LogP contribution is 2.13. The number of carbonyl (C=O) groups is 1. The third kappa shape index (κ3) is 2.43. The van der Waals surface area contributed by atoms with Gasteiger partial charge in [-0.2, -0.15) is 0 Å². The number of hydrogen-bond acceptors (Lipinski definition) is 1. The first-order valence-corrected chi connectivity index (χ1v) is 4.60. The lowest BCUT2D eigenvalue weighted by Crippen LogP contribution is -1.93. The van der Waals surface area contributed by atoms with Crippen molar-refractivity contribution in [1.29, 1.82) is 0 Å². The van der Waals surface area contributed by atoms with Gasteiger partial charge in [0.25, 0.3) is 0 Å². The van der Waals surface area contributed by atoms with E-state index in [4.69, 9.17) is 0 Å². The Labute approximate surface area is 84.8 Å². The SMILES string of the molecule is C=CCc1ccc(C=O)cc1CC=C. The molecule has 1 aromatic rings. The van der Waals surface area contributed by atoms with Crippen molar-refractivity contribution < 1.29 is 4.79 Å². The molecule has 1 rings (SSSR count). The number of carbonyl (C=O) groups excluding carboxylic acids is 1. The van der Waals surface area contributed by atoms with E-state index in [1.165, 1.54) is 5.56 Å². The molecule has 1 nitrogen and oxygen atoms in total. The molecule has 0 atom stereocenters. The highest BCUT2D eigenvalue weighted by Gasteiger charge is 2.00. The van der Waals surface area contributed by atoms with E-state index in [0.717, 1.165) is 30.3 Å². The zero-order valence-electron chi connectivity index (χ0n) is 8.20. The van der Waals surface area contributed by atoms with Crippen LogP contribution in [0.1, 0.15) is 21.5 Å². The summed E-state index contributed by atoms with van der Waals surface area (Å²) in [6.45, 7) is 7.40. The molecule has 1 aromatic carbocycles. The van der Waals surface area contributed by atoms with Gasteiger partial charge >= 0.3 is 0 Å². The molecule has 0 aliphatic rings. The third-order valence-electron chi connectivity index (χ3n) is 2.09. The Balaban J connectivity index is 3.08. The van der Waals surface area contributed by atoms with Gasteiger partial charge in [-0.05, 0) is 30.0 Å². The molecule has 0 N–H and O–H groups in total. The molecular weight excluding hydrogens is 172 g/mol. The van der Waals surface area contributed by atoms with E-state index in [-0.39, 0.29) is 0 Å². The third-order valence-corrected chi connectivity index (χ3v) is 2.09. The second-order valence-electron chi connectivity index (χ2n) is 3.13. The summed E-state index contributed by atoms with van der Waals surface area (Å²) in [6, 6.07) is 5.72. The summed E-state index contributed by atoms with van der Waals surface area (Å²) in [5.74, 6) is 0. The molecule has 0 aliphatic carbocycles. The van der Waals surface area contributed by atoms with Gasteiger partial charge in [0.2, 0.25) is 0 Å². The van der Waals surface area contributed by atoms with E-state index in [1.54, 1.807) is 0 Å². The van der Waals surface area contributed by atoms with Gasteiger partial charge in [0.15, 0.2) is 0 Å². The van der Waals surface area contributed by atoms with E-state index >= 15 is 0 Å². The summed E-state index contributed by atoms with van der Waals surface area (Å²) in [5.41, 5.74) is 3.09. The van der Waals surface area contributed by atoms with E-state index in [2.05, 4.69) is 13.2 Å². The number of aldehydes is 1. The van der Waals surface area contributed by atoms with Gasteiger partial charge in [0.1, 0.15) is 6.29 Å². The molecule has 0 saturated carbocycles. The van der Waals surface area contributed by atoms with E-state index in [9.17, 15) is 4.79 Å². The Kier molecular flexibility index (Phi) is 3.86. The Hall–Kier alpha value is -1.63. The Morgan fingerprint density at radius 2 is 1.71 bits per heavy atom. The quantitative estimate of drug-likeness (QED) is 0.510. The number of hydrogen-bond donors (Lipinski definition) is 0. The topological polar surface area (TPSA) is 17.1 Å². The van der Waals surface area contributed by atoms with E-state index in [1.807, 2.05) is 30.4 Å². The number of benzene rings is 1. The smallest absolute Gasteiger partial charge is 0.150 e. The van der Waals surface area contributed by atoms with Crippen LogP contribution in [0.5, 0.6) is 0 Å². The van der Waals surface area contributed by atoms with Crippen LogP contribution in [0.15, 0.2) is 43.5 Å². The van der Waals surface area contributed by atoms with Crippen molar-refractivity contribution in [3.05, 3.63) is 60.2 Å². The standard InChI is InChI=1S/C13H14O/c1-3-5-12-8-7-11(10-14)9-13(12)6-4-2/h3-4,7-10H,1-2,5-6H2. The Bertz CT molecular complexity index is 350. The molecule has 0 amide bonds. The number of rotatable bonds is 5. The van der Waals surface area contributed by atoms with Gasteiger partial charge in [-0.1, -0.05) is 24.3 Å². The minimum atomic E-state index is 0.717. The van der Waals surface area contributed by atoms with Crippen molar-refractivity contribution in [2.24, 2.45) is 0 Å². The molecule has 1 heteroatoms. The van der Waals surface area contributed by atoms with Crippen LogP contribution in [0.3, 0.4) is 0 Å². The molecule has 14 heavy (non-hydrogen) atoms. The van der Waals surface area contributed by atoms with Crippen LogP contribution in [0, 0.1) is 0 Å². The van der Waals surface area contributed by atoms with Gasteiger partial charge in [-0.15, -0.1) is 13.2 Å². The lowest BCUT2D eigenvalue weighted by Gasteiger charge is -2.05. The van der Waals surface area contributed by atoms with Crippen LogP contribution in [0.2, 0.25) is 0 Å². The number of allylic oxidation sites excluding steroid dienone is 2. The summed E-state index contributed by atoms with van der Waals surface area (Å²) in [7, 11) is 0. The zero-order chi connectivity index (χ0) is 10.4. The van der Waals surface area contributed by atoms with Crippen LogP contribution < -0.4 is 0 Å². The van der Waals surface area contributed by atoms with Crippen molar-refractivity contribution in [2.75, 3.05) is 0 Å². The molecule has 0 aromatic heterocycles. The zero-order valence-corrected chi connectivity index (χ0v) is 8.20. The summed E-state index contributed by atoms with van der Waals surface area (Å²) < 4.78 is 0. The maximum Gasteiger partial charge on any atom is 0.150 e. The summed E-state index contributed by atoms with van der Waals surface area (Å²) in [5, 5.41) is 0. The highest BCUT2D eigenvalue weighted by atomic mass is 16.1. The maximum atomic E-state index is 10.6. The van der Waals surface area contributed by atoms with Crippen LogP contribution >= 0.6 is 0 Å². The second kappa shape index (κ2) is 5.18. The van der Waals surface area contributed by atoms with Gasteiger partial charge < -0.3 is 0 Å². The lowest BCUT2D eigenvalue weighted by atomic mass is 9.99. The fourth-order valence-corrected chi connectivity index (χ4v) is 1.42. The second-order valence-corrected chi connectivity index (χ2v) is 3.13. The fourth-order valence-electron chi connectivity index (χ4n) is 1.42. The monoisotopic (exact) mass is 186 g/mol. The average molecular weight is 186 g/mol. The lowest BCUT2D eigenvalue weighted by molar-refractivity contribution is 0.112. The van der Waals surface area contributed by atoms with E-state index < -0.39 is 0 Å². The molecule has 0 unspecified atom stereocenters. The summed E-state index contributed by atoms with van der Waals surface area (Å²) >= 11 is 0. The maximum absolute atomic E-state index is 10.6. The Morgan fingerprint density at radius 1 is 1.07 bits per heavy atom. The van der Waals surface area contributed by atoms with Crippen molar-refractivity contribution >= 4 is 6.29 Å². The van der Waals surface area contributed by atoms with Gasteiger partial charge in [0.05, 0.1) is 0 Å². The minimum Gasteiger partial charge on any atom is -0.298 e. The molecule has 72 valence electrons. The average Bonchev–Trinajstić information content (AvgIpc) is 2.21. The molecule has 0 bridgehead atoms. The van der Waals surface area contributed by atoms with Crippen LogP contribution in [0.25, 0.3) is 0 Å². The molecule has 0 spiro atoms. The van der Waals surface area contributed by atoms with Crippen molar-refractivity contribution in [3.8, 4) is 0 Å². The van der Waals surface area contributed by atoms with Crippen molar-refractivity contribution in [1.82, 2.24) is 0 Å². The van der Waals surface area contributed by atoms with Crippen molar-refractivity contribution in [3.63, 3.8) is 0 Å². The fraction of sp³-hybridized carbons (Fsp3) is 0.154.